The Labute approximate surface area is 56.7 Å². The van der Waals surface area contributed by atoms with E-state index >= 15 is 0 Å². The highest BCUT2D eigenvalue weighted by molar-refractivity contribution is 4.93. The van der Waals surface area contributed by atoms with Crippen LogP contribution in [0.4, 0.5) is 0 Å². The molecule has 2 nitrogen and oxygen atoms in total. The monoisotopic (exact) mass is 129 g/mol. The molecule has 0 aliphatic rings. The van der Waals surface area contributed by atoms with E-state index in [4.69, 9.17) is 10.5 Å². The van der Waals surface area contributed by atoms with Crippen molar-refractivity contribution in [3.8, 4) is 0 Å². The van der Waals surface area contributed by atoms with Gasteiger partial charge in [0.25, 0.3) is 0 Å². The molecule has 0 rings (SSSR count). The van der Waals surface area contributed by atoms with E-state index in [0.717, 1.165) is 12.8 Å². The van der Waals surface area contributed by atoms with Crippen molar-refractivity contribution < 1.29 is 4.74 Å². The van der Waals surface area contributed by atoms with Crippen LogP contribution in [0.25, 0.3) is 0 Å². The zero-order valence-electron chi connectivity index (χ0n) is 6.18. The predicted octanol–water partition coefficient (Wildman–Crippen LogP) is 1.27. The summed E-state index contributed by atoms with van der Waals surface area (Å²) in [5.41, 5.74) is 5.61. The summed E-state index contributed by atoms with van der Waals surface area (Å²) in [5, 5.41) is 0. The molecule has 0 saturated heterocycles. The Hall–Kier alpha value is -0.500. The quantitative estimate of drug-likeness (QED) is 0.580. The minimum Gasteiger partial charge on any atom is -0.500 e. The lowest BCUT2D eigenvalue weighted by Gasteiger charge is -2.11. The second kappa shape index (κ2) is 4.39. The second-order valence-electron chi connectivity index (χ2n) is 2.07. The number of hydrogen-bond acceptors (Lipinski definition) is 2. The van der Waals surface area contributed by atoms with Gasteiger partial charge in [-0.3, -0.25) is 0 Å². The molecule has 1 atom stereocenters. The summed E-state index contributed by atoms with van der Waals surface area (Å²) in [5.74, 6) is 0.678. The van der Waals surface area contributed by atoms with Gasteiger partial charge < -0.3 is 10.5 Å². The maximum atomic E-state index is 5.61. The van der Waals surface area contributed by atoms with E-state index < -0.39 is 0 Å². The predicted molar refractivity (Wildman–Crippen MR) is 39.0 cm³/mol. The number of ether oxygens (including phenoxy) is 1. The highest BCUT2D eigenvalue weighted by Crippen LogP contribution is 2.02. The van der Waals surface area contributed by atoms with Crippen LogP contribution >= 0.6 is 0 Å². The lowest BCUT2D eigenvalue weighted by Crippen LogP contribution is -2.22. The Bertz CT molecular complexity index is 90.9. The van der Waals surface area contributed by atoms with E-state index in [1.165, 1.54) is 0 Å². The molecule has 0 aliphatic carbocycles. The molecule has 9 heavy (non-hydrogen) atoms. The van der Waals surface area contributed by atoms with Gasteiger partial charge in [0.15, 0.2) is 0 Å². The first-order valence-electron chi connectivity index (χ1n) is 3.20. The van der Waals surface area contributed by atoms with E-state index in [-0.39, 0.29) is 6.04 Å². The average Bonchev–Trinajstić information content (AvgIpc) is 1.87. The lowest BCUT2D eigenvalue weighted by molar-refractivity contribution is 0.262. The molecule has 1 unspecified atom stereocenters. The van der Waals surface area contributed by atoms with Gasteiger partial charge in [-0.2, -0.15) is 0 Å². The number of rotatable bonds is 4. The third kappa shape index (κ3) is 3.14. The Kier molecular flexibility index (Phi) is 4.14. The van der Waals surface area contributed by atoms with Gasteiger partial charge in [0.05, 0.1) is 13.2 Å². The molecule has 0 heterocycles. The largest absolute Gasteiger partial charge is 0.500 e. The van der Waals surface area contributed by atoms with Crippen molar-refractivity contribution >= 4 is 0 Å². The van der Waals surface area contributed by atoms with Crippen LogP contribution in [-0.4, -0.2) is 13.2 Å². The van der Waals surface area contributed by atoms with Crippen molar-refractivity contribution in [3.05, 3.63) is 12.3 Å². The topological polar surface area (TPSA) is 35.2 Å². The highest BCUT2D eigenvalue weighted by Gasteiger charge is 2.03. The molecule has 0 spiro atoms. The Morgan fingerprint density at radius 3 is 2.67 bits per heavy atom. The van der Waals surface area contributed by atoms with E-state index in [1.807, 2.05) is 0 Å². The van der Waals surface area contributed by atoms with Crippen molar-refractivity contribution in [2.24, 2.45) is 5.73 Å². The van der Waals surface area contributed by atoms with Gasteiger partial charge in [-0.15, -0.1) is 0 Å². The fraction of sp³-hybridized carbons (Fsp3) is 0.714. The highest BCUT2D eigenvalue weighted by atomic mass is 16.5. The normalized spacial score (nSPS) is 12.8. The van der Waals surface area contributed by atoms with Gasteiger partial charge in [0.1, 0.15) is 5.76 Å². The summed E-state index contributed by atoms with van der Waals surface area (Å²) in [6.45, 7) is 5.73. The fourth-order valence-electron chi connectivity index (χ4n) is 0.623. The first kappa shape index (κ1) is 8.50. The van der Waals surface area contributed by atoms with Crippen LogP contribution in [0.1, 0.15) is 19.8 Å². The molecule has 0 radical (unpaired) electrons. The summed E-state index contributed by atoms with van der Waals surface area (Å²) in [6.07, 6.45) is 2.02. The maximum absolute atomic E-state index is 5.61. The number of hydrogen-bond donors (Lipinski definition) is 1. The molecule has 54 valence electrons. The molecule has 0 fully saturated rings. The summed E-state index contributed by atoms with van der Waals surface area (Å²) in [7, 11) is 1.60. The summed E-state index contributed by atoms with van der Waals surface area (Å²) in [4.78, 5) is 0. The third-order valence-corrected chi connectivity index (χ3v) is 1.28. The lowest BCUT2D eigenvalue weighted by atomic mass is 10.1. The van der Waals surface area contributed by atoms with E-state index in [0.29, 0.717) is 5.76 Å². The average molecular weight is 129 g/mol. The van der Waals surface area contributed by atoms with Crippen LogP contribution in [0.5, 0.6) is 0 Å². The molecule has 0 saturated carbocycles. The summed E-state index contributed by atoms with van der Waals surface area (Å²) < 4.78 is 4.85. The van der Waals surface area contributed by atoms with E-state index in [2.05, 4.69) is 13.5 Å². The van der Waals surface area contributed by atoms with Crippen molar-refractivity contribution in [1.29, 1.82) is 0 Å². The van der Waals surface area contributed by atoms with Crippen molar-refractivity contribution in [2.75, 3.05) is 7.11 Å². The van der Waals surface area contributed by atoms with Crippen LogP contribution in [0, 0.1) is 0 Å². The van der Waals surface area contributed by atoms with Crippen molar-refractivity contribution in [3.63, 3.8) is 0 Å². The number of methoxy groups -OCH3 is 1. The van der Waals surface area contributed by atoms with Crippen molar-refractivity contribution in [1.82, 2.24) is 0 Å². The molecular formula is C7H15NO. The zero-order chi connectivity index (χ0) is 7.28. The molecular weight excluding hydrogens is 114 g/mol. The first-order chi connectivity index (χ1) is 4.22. The molecule has 0 aliphatic heterocycles. The SMILES string of the molecule is C=C(OC)C(N)CCC. The zero-order valence-corrected chi connectivity index (χ0v) is 6.18. The molecule has 2 N–H and O–H groups in total. The van der Waals surface area contributed by atoms with E-state index in [9.17, 15) is 0 Å². The minimum atomic E-state index is 0.0139. The van der Waals surface area contributed by atoms with Gasteiger partial charge in [-0.05, 0) is 6.42 Å². The third-order valence-electron chi connectivity index (χ3n) is 1.28. The van der Waals surface area contributed by atoms with Crippen LogP contribution in [0.2, 0.25) is 0 Å². The summed E-state index contributed by atoms with van der Waals surface area (Å²) in [6, 6.07) is 0.0139. The van der Waals surface area contributed by atoms with Gasteiger partial charge >= 0.3 is 0 Å². The number of nitrogens with two attached hydrogens (primary N) is 1. The second-order valence-corrected chi connectivity index (χ2v) is 2.07. The van der Waals surface area contributed by atoms with Gasteiger partial charge in [0, 0.05) is 0 Å². The van der Waals surface area contributed by atoms with Crippen LogP contribution in [0.3, 0.4) is 0 Å². The first-order valence-corrected chi connectivity index (χ1v) is 3.20. The Morgan fingerprint density at radius 1 is 1.78 bits per heavy atom. The van der Waals surface area contributed by atoms with Crippen LogP contribution < -0.4 is 5.73 Å². The standard InChI is InChI=1S/C7H15NO/c1-4-5-7(8)6(2)9-3/h7H,2,4-5,8H2,1,3H3. The Balaban J connectivity index is 3.45. The minimum absolute atomic E-state index is 0.0139. The van der Waals surface area contributed by atoms with Gasteiger partial charge in [0.2, 0.25) is 0 Å². The molecule has 0 aromatic heterocycles. The fourth-order valence-corrected chi connectivity index (χ4v) is 0.623. The van der Waals surface area contributed by atoms with Gasteiger partial charge in [-0.25, -0.2) is 0 Å². The summed E-state index contributed by atoms with van der Waals surface area (Å²) >= 11 is 0. The molecule has 0 aromatic carbocycles. The molecule has 0 aromatic rings. The van der Waals surface area contributed by atoms with Crippen molar-refractivity contribution in [2.45, 2.75) is 25.8 Å². The van der Waals surface area contributed by atoms with E-state index in [1.54, 1.807) is 7.11 Å². The molecule has 2 heteroatoms. The van der Waals surface area contributed by atoms with Gasteiger partial charge in [-0.1, -0.05) is 19.9 Å². The van der Waals surface area contributed by atoms with Crippen LogP contribution in [0.15, 0.2) is 12.3 Å². The van der Waals surface area contributed by atoms with Crippen LogP contribution in [-0.2, 0) is 4.74 Å². The molecule has 0 bridgehead atoms. The molecule has 0 amide bonds. The smallest absolute Gasteiger partial charge is 0.105 e. The Morgan fingerprint density at radius 2 is 2.33 bits per heavy atom. The maximum Gasteiger partial charge on any atom is 0.105 e.